The average molecular weight is 377 g/mol. The van der Waals surface area contributed by atoms with E-state index in [1.807, 2.05) is 0 Å². The molecule has 1 saturated carbocycles. The van der Waals surface area contributed by atoms with Crippen LogP contribution in [-0.4, -0.2) is 59.5 Å². The van der Waals surface area contributed by atoms with E-state index in [9.17, 15) is 9.59 Å². The number of nitrogens with one attached hydrogen (secondary N) is 2. The van der Waals surface area contributed by atoms with Crippen LogP contribution in [0.4, 0.5) is 10.5 Å². The summed E-state index contributed by atoms with van der Waals surface area (Å²) in [6.45, 7) is 2.36. The van der Waals surface area contributed by atoms with Gasteiger partial charge in [0.25, 0.3) is 0 Å². The van der Waals surface area contributed by atoms with Gasteiger partial charge >= 0.3 is 6.03 Å². The zero-order chi connectivity index (χ0) is 19.1. The summed E-state index contributed by atoms with van der Waals surface area (Å²) < 4.78 is 6.76. The average Bonchev–Trinajstić information content (AvgIpc) is 3.14. The quantitative estimate of drug-likeness (QED) is 0.796. The predicted octanol–water partition coefficient (Wildman–Crippen LogP) is 2.22. The van der Waals surface area contributed by atoms with Crippen molar-refractivity contribution in [1.82, 2.24) is 20.0 Å². The molecule has 1 aliphatic heterocycles. The van der Waals surface area contributed by atoms with Crippen LogP contribution in [-0.2, 0) is 16.1 Å². The van der Waals surface area contributed by atoms with E-state index in [2.05, 4.69) is 15.7 Å². The summed E-state index contributed by atoms with van der Waals surface area (Å²) in [5.74, 6) is -0.0114. The molecule has 0 bridgehead atoms. The van der Waals surface area contributed by atoms with Gasteiger partial charge < -0.3 is 20.3 Å². The van der Waals surface area contributed by atoms with Crippen molar-refractivity contribution in [1.29, 1.82) is 0 Å². The van der Waals surface area contributed by atoms with Crippen LogP contribution >= 0.6 is 0 Å². The number of hydrogen-bond donors (Lipinski definition) is 2. The molecule has 0 aromatic carbocycles. The van der Waals surface area contributed by atoms with Crippen molar-refractivity contribution >= 4 is 17.6 Å². The minimum atomic E-state index is -0.170. The third kappa shape index (κ3) is 5.69. The fourth-order valence-corrected chi connectivity index (χ4v) is 3.88. The number of hydrogen-bond acceptors (Lipinski definition) is 4. The number of carbonyl (C=O) groups is 2. The zero-order valence-corrected chi connectivity index (χ0v) is 16.2. The molecule has 3 rings (SSSR count). The van der Waals surface area contributed by atoms with E-state index in [-0.39, 0.29) is 17.9 Å². The first-order chi connectivity index (χ1) is 13.2. The number of rotatable bonds is 6. The molecule has 2 heterocycles. The Labute approximate surface area is 160 Å². The standard InChI is InChI=1S/C19H31N5O3/c1-27-11-10-24-14-17(12-20-24)22-19(26)23-9-5-6-15(13-23)18(25)21-16-7-3-2-4-8-16/h12,14-16H,2-11,13H2,1H3,(H,21,25)(H,22,26). The summed E-state index contributed by atoms with van der Waals surface area (Å²) >= 11 is 0. The van der Waals surface area contributed by atoms with Gasteiger partial charge in [-0.05, 0) is 25.7 Å². The lowest BCUT2D eigenvalue weighted by atomic mass is 9.93. The highest BCUT2D eigenvalue weighted by Gasteiger charge is 2.30. The van der Waals surface area contributed by atoms with Gasteiger partial charge in [0.05, 0.1) is 31.0 Å². The molecule has 0 radical (unpaired) electrons. The second-order valence-electron chi connectivity index (χ2n) is 7.54. The molecule has 2 fully saturated rings. The van der Waals surface area contributed by atoms with Crippen molar-refractivity contribution in [2.75, 3.05) is 32.1 Å². The van der Waals surface area contributed by atoms with Gasteiger partial charge in [-0.15, -0.1) is 0 Å². The molecule has 1 aliphatic carbocycles. The first kappa shape index (κ1) is 19.7. The van der Waals surface area contributed by atoms with Crippen LogP contribution < -0.4 is 10.6 Å². The van der Waals surface area contributed by atoms with Gasteiger partial charge in [-0.3, -0.25) is 9.48 Å². The van der Waals surface area contributed by atoms with Crippen LogP contribution in [0.3, 0.4) is 0 Å². The molecule has 2 aliphatic rings. The van der Waals surface area contributed by atoms with E-state index in [4.69, 9.17) is 4.74 Å². The molecular formula is C19H31N5O3. The lowest BCUT2D eigenvalue weighted by Gasteiger charge is -2.33. The Morgan fingerprint density at radius 2 is 2.04 bits per heavy atom. The van der Waals surface area contributed by atoms with Crippen LogP contribution in [0.25, 0.3) is 0 Å². The number of amides is 3. The summed E-state index contributed by atoms with van der Waals surface area (Å²) in [6.07, 6.45) is 10.9. The summed E-state index contributed by atoms with van der Waals surface area (Å²) in [7, 11) is 1.64. The topological polar surface area (TPSA) is 88.5 Å². The third-order valence-corrected chi connectivity index (χ3v) is 5.44. The number of ether oxygens (including phenoxy) is 1. The maximum Gasteiger partial charge on any atom is 0.321 e. The maximum absolute atomic E-state index is 12.6. The van der Waals surface area contributed by atoms with Crippen LogP contribution in [0.15, 0.2) is 12.4 Å². The Bertz CT molecular complexity index is 627. The molecule has 1 saturated heterocycles. The number of piperidine rings is 1. The largest absolute Gasteiger partial charge is 0.383 e. The molecule has 3 amide bonds. The first-order valence-electron chi connectivity index (χ1n) is 10.0. The van der Waals surface area contributed by atoms with E-state index < -0.39 is 0 Å². The van der Waals surface area contributed by atoms with Crippen LogP contribution in [0.5, 0.6) is 0 Å². The van der Waals surface area contributed by atoms with E-state index in [1.54, 1.807) is 29.1 Å². The molecule has 1 aromatic rings. The second-order valence-corrected chi connectivity index (χ2v) is 7.54. The zero-order valence-electron chi connectivity index (χ0n) is 16.2. The monoisotopic (exact) mass is 377 g/mol. The van der Waals surface area contributed by atoms with Gasteiger partial charge in [0, 0.05) is 32.4 Å². The van der Waals surface area contributed by atoms with E-state index in [0.717, 1.165) is 25.7 Å². The highest BCUT2D eigenvalue weighted by Crippen LogP contribution is 2.21. The molecule has 150 valence electrons. The summed E-state index contributed by atoms with van der Waals surface area (Å²) in [5.41, 5.74) is 0.657. The van der Waals surface area contributed by atoms with Crippen molar-refractivity contribution in [3.05, 3.63) is 12.4 Å². The smallest absolute Gasteiger partial charge is 0.321 e. The molecular weight excluding hydrogens is 346 g/mol. The minimum absolute atomic E-state index is 0.104. The van der Waals surface area contributed by atoms with Crippen molar-refractivity contribution < 1.29 is 14.3 Å². The van der Waals surface area contributed by atoms with Crippen molar-refractivity contribution in [2.24, 2.45) is 5.92 Å². The Balaban J connectivity index is 1.48. The Morgan fingerprint density at radius 1 is 1.22 bits per heavy atom. The van der Waals surface area contributed by atoms with E-state index in [1.165, 1.54) is 19.3 Å². The van der Waals surface area contributed by atoms with Crippen LogP contribution in [0, 0.1) is 5.92 Å². The Kier molecular flexibility index (Phi) is 7.09. The number of aromatic nitrogens is 2. The van der Waals surface area contributed by atoms with Gasteiger partial charge in [0.15, 0.2) is 0 Å². The third-order valence-electron chi connectivity index (χ3n) is 5.44. The van der Waals surface area contributed by atoms with Crippen molar-refractivity contribution in [3.63, 3.8) is 0 Å². The van der Waals surface area contributed by atoms with Crippen molar-refractivity contribution in [3.8, 4) is 0 Å². The lowest BCUT2D eigenvalue weighted by molar-refractivity contribution is -0.127. The fourth-order valence-electron chi connectivity index (χ4n) is 3.88. The maximum atomic E-state index is 12.6. The van der Waals surface area contributed by atoms with Gasteiger partial charge in [0.1, 0.15) is 0 Å². The summed E-state index contributed by atoms with van der Waals surface area (Å²) in [6, 6.07) is 0.143. The number of urea groups is 1. The van der Waals surface area contributed by atoms with Gasteiger partial charge in [-0.25, -0.2) is 4.79 Å². The number of nitrogens with zero attached hydrogens (tertiary/aromatic N) is 3. The Morgan fingerprint density at radius 3 is 2.81 bits per heavy atom. The van der Waals surface area contributed by atoms with Crippen LogP contribution in [0.2, 0.25) is 0 Å². The number of methoxy groups -OCH3 is 1. The van der Waals surface area contributed by atoms with E-state index >= 15 is 0 Å². The normalized spacial score (nSPS) is 21.1. The van der Waals surface area contributed by atoms with Crippen molar-refractivity contribution in [2.45, 2.75) is 57.5 Å². The molecule has 8 nitrogen and oxygen atoms in total. The fraction of sp³-hybridized carbons (Fsp3) is 0.737. The highest BCUT2D eigenvalue weighted by molar-refractivity contribution is 5.89. The molecule has 0 spiro atoms. The van der Waals surface area contributed by atoms with Gasteiger partial charge in [-0.1, -0.05) is 19.3 Å². The molecule has 8 heteroatoms. The minimum Gasteiger partial charge on any atom is -0.383 e. The number of anilines is 1. The Hall–Kier alpha value is -2.09. The lowest BCUT2D eigenvalue weighted by Crippen LogP contribution is -2.48. The summed E-state index contributed by atoms with van der Waals surface area (Å²) in [4.78, 5) is 26.9. The molecule has 27 heavy (non-hydrogen) atoms. The van der Waals surface area contributed by atoms with E-state index in [0.29, 0.717) is 38.0 Å². The second kappa shape index (κ2) is 9.73. The highest BCUT2D eigenvalue weighted by atomic mass is 16.5. The first-order valence-corrected chi connectivity index (χ1v) is 10.0. The molecule has 1 atom stereocenters. The number of carbonyl (C=O) groups excluding carboxylic acids is 2. The summed E-state index contributed by atoms with van der Waals surface area (Å²) in [5, 5.41) is 10.3. The molecule has 1 unspecified atom stereocenters. The predicted molar refractivity (Wildman–Crippen MR) is 102 cm³/mol. The molecule has 2 N–H and O–H groups in total. The van der Waals surface area contributed by atoms with Crippen LogP contribution in [0.1, 0.15) is 44.9 Å². The van der Waals surface area contributed by atoms with Gasteiger partial charge in [0.2, 0.25) is 5.91 Å². The molecule has 1 aromatic heterocycles. The van der Waals surface area contributed by atoms with Gasteiger partial charge in [-0.2, -0.15) is 5.10 Å². The SMILES string of the molecule is COCCn1cc(NC(=O)N2CCCC(C(=O)NC3CCCCC3)C2)cn1. The number of likely N-dealkylation sites (tertiary alicyclic amines) is 1.